The Kier molecular flexibility index (Phi) is 6.04. The average Bonchev–Trinajstić information content (AvgIpc) is 2.72. The highest BCUT2D eigenvalue weighted by atomic mass is 32.2. The minimum absolute atomic E-state index is 0.00938. The van der Waals surface area contributed by atoms with Crippen LogP contribution in [0.1, 0.15) is 15.9 Å². The quantitative estimate of drug-likeness (QED) is 0.481. The number of carbonyl (C=O) groups excluding carboxylic acids is 1. The normalized spacial score (nSPS) is 11.8. The zero-order valence-electron chi connectivity index (χ0n) is 16.3. The zero-order chi connectivity index (χ0) is 23.7. The molecule has 0 bridgehead atoms. The van der Waals surface area contributed by atoms with Crippen LogP contribution in [-0.2, 0) is 20.9 Å². The number of halogens is 3. The molecule has 0 radical (unpaired) electrons. The van der Waals surface area contributed by atoms with Crippen LogP contribution in [0.15, 0.2) is 65.6 Å². The van der Waals surface area contributed by atoms with Crippen LogP contribution in [0.4, 0.5) is 18.9 Å². The third-order valence-corrected chi connectivity index (χ3v) is 5.78. The van der Waals surface area contributed by atoms with Crippen molar-refractivity contribution in [3.63, 3.8) is 0 Å². The van der Waals surface area contributed by atoms with Crippen molar-refractivity contribution in [3.8, 4) is 22.6 Å². The largest absolute Gasteiger partial charge is 0.507 e. The number of hydrogen-bond acceptors (Lipinski definition) is 6. The predicted octanol–water partition coefficient (Wildman–Crippen LogP) is 4.37. The topological polar surface area (TPSA) is 113 Å². The van der Waals surface area contributed by atoms with E-state index in [1.54, 1.807) is 0 Å². The molecule has 0 heterocycles. The number of carbonyl (C=O) groups is 1. The first kappa shape index (κ1) is 22.9. The Morgan fingerprint density at radius 2 is 1.66 bits per heavy atom. The van der Waals surface area contributed by atoms with Crippen LogP contribution in [0.2, 0.25) is 0 Å². The highest BCUT2D eigenvalue weighted by Gasteiger charge is 2.33. The van der Waals surface area contributed by atoms with Gasteiger partial charge in [-0.1, -0.05) is 18.2 Å². The lowest BCUT2D eigenvalue weighted by Crippen LogP contribution is -2.15. The lowest BCUT2D eigenvalue weighted by molar-refractivity contribution is -0.137. The van der Waals surface area contributed by atoms with Crippen LogP contribution in [0.25, 0.3) is 11.1 Å². The van der Waals surface area contributed by atoms with Crippen molar-refractivity contribution in [3.05, 3.63) is 71.8 Å². The van der Waals surface area contributed by atoms with E-state index in [9.17, 15) is 36.6 Å². The number of alkyl halides is 3. The number of esters is 1. The molecule has 0 aliphatic heterocycles. The molecule has 32 heavy (non-hydrogen) atoms. The molecule has 3 N–H and O–H groups in total. The van der Waals surface area contributed by atoms with Crippen molar-refractivity contribution < 1.29 is 41.3 Å². The van der Waals surface area contributed by atoms with Gasteiger partial charge in [-0.3, -0.25) is 4.72 Å². The maximum absolute atomic E-state index is 13.4. The minimum atomic E-state index is -4.86. The van der Waals surface area contributed by atoms with Crippen LogP contribution < -0.4 is 4.72 Å². The molecule has 3 aromatic rings. The number of nitrogens with one attached hydrogen (secondary N) is 1. The molecule has 0 aliphatic carbocycles. The van der Waals surface area contributed by atoms with Gasteiger partial charge in [0.15, 0.2) is 0 Å². The molecular weight excluding hydrogens is 451 g/mol. The fourth-order valence-electron chi connectivity index (χ4n) is 2.88. The van der Waals surface area contributed by atoms with Crippen molar-refractivity contribution in [2.75, 3.05) is 11.8 Å². The van der Waals surface area contributed by atoms with Gasteiger partial charge in [0, 0.05) is 11.6 Å². The Morgan fingerprint density at radius 3 is 2.25 bits per heavy atom. The Hall–Kier alpha value is -3.73. The van der Waals surface area contributed by atoms with Gasteiger partial charge in [-0.15, -0.1) is 0 Å². The number of benzene rings is 3. The highest BCUT2D eigenvalue weighted by molar-refractivity contribution is 7.92. The Balaban J connectivity index is 2.07. The number of ether oxygens (including phenoxy) is 1. The Morgan fingerprint density at radius 1 is 0.969 bits per heavy atom. The molecule has 0 fully saturated rings. The SMILES string of the molecule is COC(=O)c1ccc(NS(=O)(=O)c2cc(-c3ccccc3O)cc(C(F)(F)F)c2)cc1O. The van der Waals surface area contributed by atoms with E-state index in [2.05, 4.69) is 9.46 Å². The second kappa shape index (κ2) is 8.42. The first-order chi connectivity index (χ1) is 14.9. The summed E-state index contributed by atoms with van der Waals surface area (Å²) < 4.78 is 72.5. The van der Waals surface area contributed by atoms with Gasteiger partial charge in [-0.25, -0.2) is 13.2 Å². The number of hydrogen-bond donors (Lipinski definition) is 3. The number of aromatic hydroxyl groups is 2. The fourth-order valence-corrected chi connectivity index (χ4v) is 4.00. The number of phenolic OH excluding ortho intramolecular Hbond substituents is 2. The molecule has 0 spiro atoms. The molecule has 0 aliphatic rings. The van der Waals surface area contributed by atoms with E-state index in [-0.39, 0.29) is 28.1 Å². The minimum Gasteiger partial charge on any atom is -0.507 e. The summed E-state index contributed by atoms with van der Waals surface area (Å²) in [6.07, 6.45) is -4.86. The van der Waals surface area contributed by atoms with Gasteiger partial charge in [0.05, 0.1) is 23.3 Å². The van der Waals surface area contributed by atoms with Crippen molar-refractivity contribution >= 4 is 21.7 Å². The summed E-state index contributed by atoms with van der Waals surface area (Å²) in [6.45, 7) is 0. The van der Waals surface area contributed by atoms with E-state index >= 15 is 0 Å². The van der Waals surface area contributed by atoms with Crippen LogP contribution in [0, 0.1) is 0 Å². The monoisotopic (exact) mass is 467 g/mol. The molecule has 11 heteroatoms. The highest BCUT2D eigenvalue weighted by Crippen LogP contribution is 2.37. The summed E-state index contributed by atoms with van der Waals surface area (Å²) in [7, 11) is -3.46. The summed E-state index contributed by atoms with van der Waals surface area (Å²) in [6, 6.07) is 10.9. The molecule has 168 valence electrons. The molecule has 0 amide bonds. The van der Waals surface area contributed by atoms with Crippen molar-refractivity contribution in [2.24, 2.45) is 0 Å². The van der Waals surface area contributed by atoms with E-state index < -0.39 is 38.4 Å². The van der Waals surface area contributed by atoms with Gasteiger partial charge in [-0.2, -0.15) is 13.2 Å². The van der Waals surface area contributed by atoms with Crippen molar-refractivity contribution in [1.29, 1.82) is 0 Å². The first-order valence-corrected chi connectivity index (χ1v) is 10.4. The van der Waals surface area contributed by atoms with E-state index in [0.29, 0.717) is 6.07 Å². The molecule has 0 saturated heterocycles. The zero-order valence-corrected chi connectivity index (χ0v) is 17.2. The Bertz CT molecular complexity index is 1290. The first-order valence-electron chi connectivity index (χ1n) is 8.87. The fraction of sp³-hybridized carbons (Fsp3) is 0.0952. The van der Waals surface area contributed by atoms with Gasteiger partial charge in [0.25, 0.3) is 10.0 Å². The summed E-state index contributed by atoms with van der Waals surface area (Å²) in [5, 5.41) is 19.9. The van der Waals surface area contributed by atoms with E-state index in [1.165, 1.54) is 24.3 Å². The van der Waals surface area contributed by atoms with Crippen molar-refractivity contribution in [2.45, 2.75) is 11.1 Å². The average molecular weight is 467 g/mol. The summed E-state index contributed by atoms with van der Waals surface area (Å²) in [5.41, 5.74) is -1.81. The number of sulfonamides is 1. The number of anilines is 1. The standard InChI is InChI=1S/C21H16F3NO6S/c1-31-20(28)17-7-6-14(11-19(17)27)25-32(29,30)15-9-12(8-13(10-15)21(22,23)24)16-4-2-3-5-18(16)26/h2-11,25-27H,1H3. The molecule has 0 aromatic heterocycles. The summed E-state index contributed by atoms with van der Waals surface area (Å²) in [5.74, 6) is -1.77. The van der Waals surface area contributed by atoms with E-state index in [1.807, 2.05) is 0 Å². The second-order valence-electron chi connectivity index (χ2n) is 6.59. The Labute approximate surface area is 180 Å². The molecule has 0 saturated carbocycles. The molecular formula is C21H16F3NO6S. The van der Waals surface area contributed by atoms with Crippen LogP contribution in [-0.4, -0.2) is 31.7 Å². The molecule has 0 unspecified atom stereocenters. The third kappa shape index (κ3) is 4.78. The molecule has 7 nitrogen and oxygen atoms in total. The third-order valence-electron chi connectivity index (χ3n) is 4.41. The lowest BCUT2D eigenvalue weighted by atomic mass is 10.0. The maximum Gasteiger partial charge on any atom is 0.416 e. The number of phenols is 2. The molecule has 3 rings (SSSR count). The van der Waals surface area contributed by atoms with Gasteiger partial charge >= 0.3 is 12.1 Å². The smallest absolute Gasteiger partial charge is 0.416 e. The van der Waals surface area contributed by atoms with Crippen LogP contribution >= 0.6 is 0 Å². The van der Waals surface area contributed by atoms with E-state index in [0.717, 1.165) is 37.4 Å². The maximum atomic E-state index is 13.4. The van der Waals surface area contributed by atoms with Gasteiger partial charge in [0.1, 0.15) is 17.1 Å². The lowest BCUT2D eigenvalue weighted by Gasteiger charge is -2.15. The van der Waals surface area contributed by atoms with Crippen LogP contribution in [0.5, 0.6) is 11.5 Å². The molecule has 0 atom stereocenters. The predicted molar refractivity (Wildman–Crippen MR) is 109 cm³/mol. The number of para-hydroxylation sites is 1. The van der Waals surface area contributed by atoms with Gasteiger partial charge in [0.2, 0.25) is 0 Å². The van der Waals surface area contributed by atoms with E-state index in [4.69, 9.17) is 0 Å². The van der Waals surface area contributed by atoms with Crippen molar-refractivity contribution in [1.82, 2.24) is 0 Å². The molecule has 3 aromatic carbocycles. The summed E-state index contributed by atoms with van der Waals surface area (Å²) in [4.78, 5) is 10.8. The number of rotatable bonds is 5. The summed E-state index contributed by atoms with van der Waals surface area (Å²) >= 11 is 0. The van der Waals surface area contributed by atoms with Gasteiger partial charge < -0.3 is 14.9 Å². The van der Waals surface area contributed by atoms with Gasteiger partial charge in [-0.05, 0) is 42.0 Å². The number of methoxy groups -OCH3 is 1. The van der Waals surface area contributed by atoms with Crippen LogP contribution in [0.3, 0.4) is 0 Å². The second-order valence-corrected chi connectivity index (χ2v) is 8.27.